The molecule has 4 aromatic rings. The van der Waals surface area contributed by atoms with Crippen LogP contribution in [0.2, 0.25) is 0 Å². The molecule has 29 heavy (non-hydrogen) atoms. The van der Waals surface area contributed by atoms with Gasteiger partial charge >= 0.3 is 0 Å². The van der Waals surface area contributed by atoms with Gasteiger partial charge in [0, 0.05) is 25.9 Å². The second kappa shape index (κ2) is 7.70. The van der Waals surface area contributed by atoms with Gasteiger partial charge in [-0.05, 0) is 24.3 Å². The van der Waals surface area contributed by atoms with E-state index in [2.05, 4.69) is 15.2 Å². The van der Waals surface area contributed by atoms with Crippen molar-refractivity contribution in [1.29, 1.82) is 0 Å². The minimum atomic E-state index is -0.436. The zero-order valence-corrected chi connectivity index (χ0v) is 16.0. The van der Waals surface area contributed by atoms with Gasteiger partial charge in [0.15, 0.2) is 11.6 Å². The van der Waals surface area contributed by atoms with Crippen molar-refractivity contribution in [2.75, 3.05) is 7.05 Å². The predicted molar refractivity (Wildman–Crippen MR) is 102 cm³/mol. The fourth-order valence-corrected chi connectivity index (χ4v) is 3.00. The average molecular weight is 394 g/mol. The zero-order valence-electron chi connectivity index (χ0n) is 16.0. The maximum atomic E-state index is 14.4. The molecule has 1 aromatic carbocycles. The number of amides is 1. The number of hydrogen-bond acceptors (Lipinski definition) is 5. The van der Waals surface area contributed by atoms with Gasteiger partial charge in [0.25, 0.3) is 5.91 Å². The summed E-state index contributed by atoms with van der Waals surface area (Å²) < 4.78 is 22.7. The van der Waals surface area contributed by atoms with E-state index in [9.17, 15) is 9.18 Å². The number of para-hydroxylation sites is 1. The number of carbonyl (C=O) groups excluding carboxylic acids is 1. The summed E-state index contributed by atoms with van der Waals surface area (Å²) in [5, 5.41) is 8.13. The second-order valence-electron chi connectivity index (χ2n) is 6.45. The molecule has 9 heteroatoms. The topological polar surface area (TPSA) is 82.0 Å². The normalized spacial score (nSPS) is 11.0. The number of carbonyl (C=O) groups is 1. The quantitative estimate of drug-likeness (QED) is 0.502. The summed E-state index contributed by atoms with van der Waals surface area (Å²) in [6.45, 7) is 2.08. The summed E-state index contributed by atoms with van der Waals surface area (Å²) >= 11 is 0. The summed E-state index contributed by atoms with van der Waals surface area (Å²) in [6.07, 6.45) is 5.63. The third-order valence-electron chi connectivity index (χ3n) is 4.45. The van der Waals surface area contributed by atoms with Crippen molar-refractivity contribution in [3.05, 3.63) is 78.1 Å². The molecule has 0 fully saturated rings. The van der Waals surface area contributed by atoms with E-state index in [0.29, 0.717) is 29.5 Å². The number of aromatic nitrogens is 5. The Morgan fingerprint density at radius 2 is 1.97 bits per heavy atom. The van der Waals surface area contributed by atoms with Crippen LogP contribution in [0.4, 0.5) is 4.39 Å². The van der Waals surface area contributed by atoms with E-state index < -0.39 is 5.82 Å². The van der Waals surface area contributed by atoms with Crippen LogP contribution in [0.3, 0.4) is 0 Å². The first-order valence-corrected chi connectivity index (χ1v) is 9.11. The summed E-state index contributed by atoms with van der Waals surface area (Å²) in [7, 11) is 1.64. The fraction of sp³-hybridized carbons (Fsp3) is 0.200. The van der Waals surface area contributed by atoms with Gasteiger partial charge in [-0.25, -0.2) is 9.07 Å². The van der Waals surface area contributed by atoms with Gasteiger partial charge in [-0.15, -0.1) is 0 Å². The zero-order chi connectivity index (χ0) is 20.4. The Morgan fingerprint density at radius 3 is 2.66 bits per heavy atom. The third kappa shape index (κ3) is 3.54. The van der Waals surface area contributed by atoms with Crippen LogP contribution < -0.4 is 0 Å². The van der Waals surface area contributed by atoms with Crippen molar-refractivity contribution in [2.24, 2.45) is 0 Å². The van der Waals surface area contributed by atoms with Gasteiger partial charge in [-0.3, -0.25) is 4.79 Å². The lowest BCUT2D eigenvalue weighted by atomic mass is 10.2. The Morgan fingerprint density at radius 1 is 1.21 bits per heavy atom. The van der Waals surface area contributed by atoms with E-state index in [1.165, 1.54) is 21.8 Å². The molecular weight excluding hydrogens is 375 g/mol. The molecular formula is C20H19FN6O2. The lowest BCUT2D eigenvalue weighted by molar-refractivity contribution is 0.0769. The molecule has 148 valence electrons. The molecule has 3 aromatic heterocycles. The molecule has 8 nitrogen and oxygen atoms in total. The number of halogens is 1. The standard InChI is InChI=1S/C20H19FN6O2/c1-3-17-23-18(29-24-17)13-25(2)20(28)14-12-22-27(16-9-5-4-8-15(16)21)19(14)26-10-6-7-11-26/h4-12H,3,13H2,1-2H3. The number of hydrogen-bond donors (Lipinski definition) is 0. The van der Waals surface area contributed by atoms with Crippen molar-refractivity contribution < 1.29 is 13.7 Å². The highest BCUT2D eigenvalue weighted by Crippen LogP contribution is 2.23. The Kier molecular flexibility index (Phi) is 4.94. The van der Waals surface area contributed by atoms with Crippen LogP contribution in [0.25, 0.3) is 11.5 Å². The molecule has 4 rings (SSSR count). The average Bonchev–Trinajstić information content (AvgIpc) is 3.47. The SMILES string of the molecule is CCc1noc(CN(C)C(=O)c2cnn(-c3ccccc3F)c2-n2cccc2)n1. The molecule has 3 heterocycles. The molecule has 0 spiro atoms. The monoisotopic (exact) mass is 394 g/mol. The van der Waals surface area contributed by atoms with Crippen LogP contribution >= 0.6 is 0 Å². The summed E-state index contributed by atoms with van der Waals surface area (Å²) in [6, 6.07) is 9.92. The maximum absolute atomic E-state index is 14.4. The first-order valence-electron chi connectivity index (χ1n) is 9.11. The molecule has 0 saturated heterocycles. The van der Waals surface area contributed by atoms with E-state index >= 15 is 0 Å². The van der Waals surface area contributed by atoms with Crippen LogP contribution in [0.5, 0.6) is 0 Å². The molecule has 0 bridgehead atoms. The van der Waals surface area contributed by atoms with Crippen molar-refractivity contribution in [1.82, 2.24) is 29.4 Å². The van der Waals surface area contributed by atoms with Crippen molar-refractivity contribution >= 4 is 5.91 Å². The Hall–Kier alpha value is -3.75. The van der Waals surface area contributed by atoms with Gasteiger partial charge in [0.1, 0.15) is 17.1 Å². The van der Waals surface area contributed by atoms with Crippen molar-refractivity contribution in [3.63, 3.8) is 0 Å². The molecule has 0 saturated carbocycles. The molecule has 0 aliphatic heterocycles. The summed E-state index contributed by atoms with van der Waals surface area (Å²) in [4.78, 5) is 18.8. The minimum Gasteiger partial charge on any atom is -0.337 e. The Bertz CT molecular complexity index is 1130. The van der Waals surface area contributed by atoms with Crippen molar-refractivity contribution in [2.45, 2.75) is 19.9 Å². The first-order chi connectivity index (χ1) is 14.1. The lowest BCUT2D eigenvalue weighted by Gasteiger charge is -2.16. The Labute approximate surface area is 166 Å². The molecule has 0 aliphatic rings. The third-order valence-corrected chi connectivity index (χ3v) is 4.45. The predicted octanol–water partition coefficient (Wildman–Crippen LogP) is 3.02. The van der Waals surface area contributed by atoms with E-state index in [-0.39, 0.29) is 18.1 Å². The van der Waals surface area contributed by atoms with Crippen molar-refractivity contribution in [3.8, 4) is 11.5 Å². The molecule has 0 N–H and O–H groups in total. The van der Waals surface area contributed by atoms with Crippen LogP contribution in [0.15, 0.2) is 59.5 Å². The van der Waals surface area contributed by atoms with Gasteiger partial charge in [-0.2, -0.15) is 10.1 Å². The molecule has 0 radical (unpaired) electrons. The first kappa shape index (κ1) is 18.6. The second-order valence-corrected chi connectivity index (χ2v) is 6.45. The number of aryl methyl sites for hydroxylation is 1. The number of benzene rings is 1. The van der Waals surface area contributed by atoms with Crippen LogP contribution in [-0.2, 0) is 13.0 Å². The van der Waals surface area contributed by atoms with Gasteiger partial charge in [-0.1, -0.05) is 24.2 Å². The highest BCUT2D eigenvalue weighted by atomic mass is 19.1. The highest BCUT2D eigenvalue weighted by molar-refractivity contribution is 5.97. The van der Waals surface area contributed by atoms with Crippen LogP contribution in [0.1, 0.15) is 29.0 Å². The van der Waals surface area contributed by atoms with E-state index in [0.717, 1.165) is 0 Å². The minimum absolute atomic E-state index is 0.155. The molecule has 1 amide bonds. The maximum Gasteiger partial charge on any atom is 0.259 e. The van der Waals surface area contributed by atoms with E-state index in [1.807, 2.05) is 19.1 Å². The van der Waals surface area contributed by atoms with Gasteiger partial charge in [0.2, 0.25) is 5.89 Å². The summed E-state index contributed by atoms with van der Waals surface area (Å²) in [5.74, 6) is 0.640. The Balaban J connectivity index is 1.72. The number of rotatable bonds is 6. The number of nitrogens with zero attached hydrogens (tertiary/aromatic N) is 6. The van der Waals surface area contributed by atoms with Gasteiger partial charge < -0.3 is 14.0 Å². The van der Waals surface area contributed by atoms with Crippen LogP contribution in [0, 0.1) is 5.82 Å². The van der Waals surface area contributed by atoms with Crippen LogP contribution in [-0.4, -0.2) is 42.3 Å². The van der Waals surface area contributed by atoms with E-state index in [1.54, 1.807) is 42.2 Å². The van der Waals surface area contributed by atoms with Gasteiger partial charge in [0.05, 0.1) is 12.7 Å². The largest absolute Gasteiger partial charge is 0.337 e. The highest BCUT2D eigenvalue weighted by Gasteiger charge is 2.24. The fourth-order valence-electron chi connectivity index (χ4n) is 3.00. The molecule has 0 aliphatic carbocycles. The summed E-state index contributed by atoms with van der Waals surface area (Å²) in [5.41, 5.74) is 0.574. The molecule has 0 unspecified atom stereocenters. The smallest absolute Gasteiger partial charge is 0.259 e. The molecule has 0 atom stereocenters. The van der Waals surface area contributed by atoms with E-state index in [4.69, 9.17) is 4.52 Å². The lowest BCUT2D eigenvalue weighted by Crippen LogP contribution is -2.27.